The SMILES string of the molecule is CN(CCCc1ccccc1)C[C@@H]1CCCN1C(=S)NC1CCCCC1. The smallest absolute Gasteiger partial charge is 0.169 e. The van der Waals surface area contributed by atoms with Gasteiger partial charge in [0.15, 0.2) is 5.11 Å². The average Bonchev–Trinajstić information content (AvgIpc) is 3.11. The van der Waals surface area contributed by atoms with Crippen LogP contribution in [0.2, 0.25) is 0 Å². The fraction of sp³-hybridized carbons (Fsp3) is 0.682. The van der Waals surface area contributed by atoms with Crippen LogP contribution in [-0.2, 0) is 6.42 Å². The summed E-state index contributed by atoms with van der Waals surface area (Å²) in [5, 5.41) is 4.68. The van der Waals surface area contributed by atoms with Gasteiger partial charge >= 0.3 is 0 Å². The molecule has 4 heteroatoms. The van der Waals surface area contributed by atoms with E-state index in [0.717, 1.165) is 24.7 Å². The van der Waals surface area contributed by atoms with Gasteiger partial charge in [0.25, 0.3) is 0 Å². The predicted molar refractivity (Wildman–Crippen MR) is 115 cm³/mol. The Hall–Kier alpha value is -1.13. The molecule has 2 aliphatic rings. The zero-order chi connectivity index (χ0) is 18.2. The first-order valence-electron chi connectivity index (χ1n) is 10.5. The molecule has 3 nitrogen and oxygen atoms in total. The lowest BCUT2D eigenvalue weighted by molar-refractivity contribution is 0.246. The normalized spacial score (nSPS) is 21.3. The number of likely N-dealkylation sites (tertiary alicyclic amines) is 1. The molecule has 1 aromatic carbocycles. The Morgan fingerprint density at radius 2 is 1.88 bits per heavy atom. The Kier molecular flexibility index (Phi) is 7.75. The highest BCUT2D eigenvalue weighted by atomic mass is 32.1. The molecule has 0 spiro atoms. The third kappa shape index (κ3) is 5.95. The molecule has 0 bridgehead atoms. The maximum Gasteiger partial charge on any atom is 0.169 e. The van der Waals surface area contributed by atoms with Gasteiger partial charge < -0.3 is 15.1 Å². The third-order valence-electron chi connectivity index (χ3n) is 5.94. The topological polar surface area (TPSA) is 18.5 Å². The Morgan fingerprint density at radius 3 is 2.65 bits per heavy atom. The van der Waals surface area contributed by atoms with Crippen molar-refractivity contribution in [2.45, 2.75) is 69.9 Å². The van der Waals surface area contributed by atoms with Crippen LogP contribution in [0.1, 0.15) is 56.9 Å². The van der Waals surface area contributed by atoms with E-state index in [4.69, 9.17) is 12.2 Å². The summed E-state index contributed by atoms with van der Waals surface area (Å²) in [5.74, 6) is 0. The molecule has 26 heavy (non-hydrogen) atoms. The van der Waals surface area contributed by atoms with Gasteiger partial charge in [0, 0.05) is 25.2 Å². The van der Waals surface area contributed by atoms with Gasteiger partial charge in [-0.05, 0) is 69.9 Å². The van der Waals surface area contributed by atoms with Crippen LogP contribution in [-0.4, -0.2) is 53.7 Å². The summed E-state index contributed by atoms with van der Waals surface area (Å²) < 4.78 is 0. The number of nitrogens with zero attached hydrogens (tertiary/aromatic N) is 2. The minimum absolute atomic E-state index is 0.584. The van der Waals surface area contributed by atoms with E-state index in [9.17, 15) is 0 Å². The van der Waals surface area contributed by atoms with Gasteiger partial charge in [0.2, 0.25) is 0 Å². The molecular formula is C22H35N3S. The number of hydrogen-bond donors (Lipinski definition) is 1. The highest BCUT2D eigenvalue weighted by Crippen LogP contribution is 2.21. The maximum atomic E-state index is 5.77. The second kappa shape index (κ2) is 10.3. The van der Waals surface area contributed by atoms with Crippen molar-refractivity contribution < 1.29 is 0 Å². The molecular weight excluding hydrogens is 338 g/mol. The zero-order valence-electron chi connectivity index (χ0n) is 16.3. The van der Waals surface area contributed by atoms with Crippen LogP contribution in [0.25, 0.3) is 0 Å². The maximum absolute atomic E-state index is 5.77. The van der Waals surface area contributed by atoms with Crippen LogP contribution < -0.4 is 5.32 Å². The van der Waals surface area contributed by atoms with Gasteiger partial charge in [-0.3, -0.25) is 0 Å². The lowest BCUT2D eigenvalue weighted by Crippen LogP contribution is -2.49. The summed E-state index contributed by atoms with van der Waals surface area (Å²) >= 11 is 5.77. The van der Waals surface area contributed by atoms with Crippen LogP contribution in [0.3, 0.4) is 0 Å². The van der Waals surface area contributed by atoms with Gasteiger partial charge in [0.05, 0.1) is 0 Å². The number of likely N-dealkylation sites (N-methyl/N-ethyl adjacent to an activating group) is 1. The fourth-order valence-corrected chi connectivity index (χ4v) is 4.85. The van der Waals surface area contributed by atoms with E-state index >= 15 is 0 Å². The lowest BCUT2D eigenvalue weighted by Gasteiger charge is -2.33. The Bertz CT molecular complexity index is 542. The summed E-state index contributed by atoms with van der Waals surface area (Å²) in [7, 11) is 2.26. The summed E-state index contributed by atoms with van der Waals surface area (Å²) in [6, 6.07) is 12.0. The summed E-state index contributed by atoms with van der Waals surface area (Å²) in [5.41, 5.74) is 1.45. The molecule has 1 N–H and O–H groups in total. The zero-order valence-corrected chi connectivity index (χ0v) is 17.1. The number of rotatable bonds is 7. The first kappa shape index (κ1) is 19.6. The molecule has 144 valence electrons. The van der Waals surface area contributed by atoms with Crippen LogP contribution in [0, 0.1) is 0 Å². The summed E-state index contributed by atoms with van der Waals surface area (Å²) in [6.07, 6.45) is 11.6. The molecule has 1 heterocycles. The standard InChI is InChI=1S/C22H35N3S/c1-24(16-8-12-19-10-4-2-5-11-19)18-21-15-9-17-25(21)22(26)23-20-13-6-3-7-14-20/h2,4-5,10-11,20-21H,3,6-9,12-18H2,1H3,(H,23,26)/t21-/m0/s1. The molecule has 1 saturated heterocycles. The Labute approximate surface area is 165 Å². The van der Waals surface area contributed by atoms with Gasteiger partial charge in [-0.1, -0.05) is 49.6 Å². The van der Waals surface area contributed by atoms with Crippen molar-refractivity contribution in [2.75, 3.05) is 26.7 Å². The van der Waals surface area contributed by atoms with Gasteiger partial charge in [-0.15, -0.1) is 0 Å². The van der Waals surface area contributed by atoms with Crippen molar-refractivity contribution in [3.05, 3.63) is 35.9 Å². The van der Waals surface area contributed by atoms with Crippen LogP contribution >= 0.6 is 12.2 Å². The number of nitrogens with one attached hydrogen (secondary N) is 1. The average molecular weight is 374 g/mol. The molecule has 1 atom stereocenters. The van der Waals surface area contributed by atoms with Crippen molar-refractivity contribution in [3.63, 3.8) is 0 Å². The molecule has 2 fully saturated rings. The first-order chi connectivity index (χ1) is 12.7. The van der Waals surface area contributed by atoms with Crippen LogP contribution in [0.5, 0.6) is 0 Å². The molecule has 3 rings (SSSR count). The first-order valence-corrected chi connectivity index (χ1v) is 10.9. The molecule has 0 unspecified atom stereocenters. The van der Waals surface area contributed by atoms with Crippen molar-refractivity contribution in [2.24, 2.45) is 0 Å². The number of thiocarbonyl (C=S) groups is 1. The van der Waals surface area contributed by atoms with E-state index < -0.39 is 0 Å². The molecule has 1 aliphatic heterocycles. The van der Waals surface area contributed by atoms with Crippen LogP contribution in [0.15, 0.2) is 30.3 Å². The Balaban J connectivity index is 1.40. The van der Waals surface area contributed by atoms with Crippen molar-refractivity contribution in [1.82, 2.24) is 15.1 Å². The largest absolute Gasteiger partial charge is 0.360 e. The number of aryl methyl sites for hydroxylation is 1. The van der Waals surface area contributed by atoms with E-state index in [-0.39, 0.29) is 0 Å². The third-order valence-corrected chi connectivity index (χ3v) is 6.29. The van der Waals surface area contributed by atoms with E-state index in [1.54, 1.807) is 0 Å². The number of benzene rings is 1. The van der Waals surface area contributed by atoms with Gasteiger partial charge in [0.1, 0.15) is 0 Å². The highest BCUT2D eigenvalue weighted by molar-refractivity contribution is 7.80. The highest BCUT2D eigenvalue weighted by Gasteiger charge is 2.28. The molecule has 0 amide bonds. The van der Waals surface area contributed by atoms with Crippen molar-refractivity contribution in [3.8, 4) is 0 Å². The molecule has 1 aromatic rings. The van der Waals surface area contributed by atoms with E-state index in [2.05, 4.69) is 52.5 Å². The second-order valence-electron chi connectivity index (χ2n) is 8.13. The molecule has 1 aliphatic carbocycles. The van der Waals surface area contributed by atoms with E-state index in [1.807, 2.05) is 0 Å². The Morgan fingerprint density at radius 1 is 1.12 bits per heavy atom. The summed E-state index contributed by atoms with van der Waals surface area (Å²) in [6.45, 7) is 3.41. The van der Waals surface area contributed by atoms with Crippen LogP contribution in [0.4, 0.5) is 0 Å². The van der Waals surface area contributed by atoms with E-state index in [1.165, 1.54) is 63.4 Å². The minimum Gasteiger partial charge on any atom is -0.360 e. The molecule has 0 aromatic heterocycles. The molecule has 0 radical (unpaired) electrons. The van der Waals surface area contributed by atoms with Crippen molar-refractivity contribution >= 4 is 17.3 Å². The quantitative estimate of drug-likeness (QED) is 0.721. The van der Waals surface area contributed by atoms with Gasteiger partial charge in [-0.2, -0.15) is 0 Å². The fourth-order valence-electron chi connectivity index (χ4n) is 4.45. The minimum atomic E-state index is 0.584. The molecule has 1 saturated carbocycles. The van der Waals surface area contributed by atoms with E-state index in [0.29, 0.717) is 12.1 Å². The summed E-state index contributed by atoms with van der Waals surface area (Å²) in [4.78, 5) is 4.97. The van der Waals surface area contributed by atoms with Crippen molar-refractivity contribution in [1.29, 1.82) is 0 Å². The monoisotopic (exact) mass is 373 g/mol. The number of hydrogen-bond acceptors (Lipinski definition) is 2. The van der Waals surface area contributed by atoms with Gasteiger partial charge in [-0.25, -0.2) is 0 Å². The predicted octanol–water partition coefficient (Wildman–Crippen LogP) is 4.22. The second-order valence-corrected chi connectivity index (χ2v) is 8.51. The lowest BCUT2D eigenvalue weighted by atomic mass is 9.96.